The lowest BCUT2D eigenvalue weighted by molar-refractivity contribution is -0.135. The van der Waals surface area contributed by atoms with E-state index in [1.165, 1.54) is 5.56 Å². The molecular weight excluding hydrogens is 314 g/mol. The quantitative estimate of drug-likeness (QED) is 0.799. The Labute approximate surface area is 146 Å². The van der Waals surface area contributed by atoms with Crippen LogP contribution in [0.3, 0.4) is 0 Å². The first-order chi connectivity index (χ1) is 12.1. The number of hydrogen-bond acceptors (Lipinski definition) is 3. The summed E-state index contributed by atoms with van der Waals surface area (Å²) in [4.78, 5) is 27.0. The van der Waals surface area contributed by atoms with E-state index in [9.17, 15) is 4.79 Å². The molecule has 1 aliphatic rings. The summed E-state index contributed by atoms with van der Waals surface area (Å²) in [5.41, 5.74) is 3.36. The number of aryl methyl sites for hydroxylation is 1. The minimum atomic E-state index is -0.201. The van der Waals surface area contributed by atoms with Gasteiger partial charge in [-0.2, -0.15) is 0 Å². The van der Waals surface area contributed by atoms with Crippen LogP contribution in [0.25, 0.3) is 11.0 Å². The first-order valence-electron chi connectivity index (χ1n) is 8.85. The van der Waals surface area contributed by atoms with Crippen molar-refractivity contribution in [1.82, 2.24) is 24.4 Å². The zero-order chi connectivity index (χ0) is 17.4. The summed E-state index contributed by atoms with van der Waals surface area (Å²) in [5, 5.41) is 0. The molecule has 1 saturated heterocycles. The predicted molar refractivity (Wildman–Crippen MR) is 96.3 cm³/mol. The van der Waals surface area contributed by atoms with E-state index in [0.717, 1.165) is 42.8 Å². The van der Waals surface area contributed by atoms with Crippen LogP contribution in [-0.4, -0.2) is 43.4 Å². The summed E-state index contributed by atoms with van der Waals surface area (Å²) >= 11 is 0. The summed E-state index contributed by atoms with van der Waals surface area (Å²) in [6.07, 6.45) is 7.14. The molecule has 0 radical (unpaired) electrons. The average molecular weight is 337 g/mol. The molecule has 3 heterocycles. The number of aromatic nitrogens is 4. The second kappa shape index (κ2) is 6.35. The number of H-pyrrole nitrogens is 1. The lowest BCUT2D eigenvalue weighted by Gasteiger charge is -2.33. The Morgan fingerprint density at radius 3 is 2.80 bits per heavy atom. The van der Waals surface area contributed by atoms with E-state index in [-0.39, 0.29) is 11.9 Å². The first kappa shape index (κ1) is 15.9. The molecule has 6 heteroatoms. The average Bonchev–Trinajstić information content (AvgIpc) is 3.31. The Kier molecular flexibility index (Phi) is 4.03. The molecule has 1 fully saturated rings. The van der Waals surface area contributed by atoms with Gasteiger partial charge in [-0.15, -0.1) is 0 Å². The maximum absolute atomic E-state index is 12.7. The zero-order valence-corrected chi connectivity index (χ0v) is 14.6. The number of nitrogens with zero attached hydrogens (tertiary/aromatic N) is 4. The van der Waals surface area contributed by atoms with Crippen LogP contribution >= 0.6 is 0 Å². The van der Waals surface area contributed by atoms with Gasteiger partial charge in [0.1, 0.15) is 11.9 Å². The van der Waals surface area contributed by atoms with Crippen molar-refractivity contribution in [2.24, 2.45) is 0 Å². The molecule has 0 bridgehead atoms. The molecule has 1 N–H and O–H groups in total. The maximum atomic E-state index is 12.7. The highest BCUT2D eigenvalue weighted by atomic mass is 16.2. The van der Waals surface area contributed by atoms with E-state index in [2.05, 4.69) is 35.1 Å². The van der Waals surface area contributed by atoms with Crippen LogP contribution in [0.4, 0.5) is 0 Å². The number of imidazole rings is 2. The van der Waals surface area contributed by atoms with Crippen LogP contribution in [0.15, 0.2) is 36.9 Å². The number of carbonyl (C=O) groups is 1. The third-order valence-electron chi connectivity index (χ3n) is 5.26. The number of benzene rings is 1. The topological polar surface area (TPSA) is 66.8 Å². The molecule has 6 nitrogen and oxygen atoms in total. The molecular formula is C19H23N5O. The largest absolute Gasteiger partial charge is 0.342 e. The van der Waals surface area contributed by atoms with Crippen LogP contribution in [0, 0.1) is 6.92 Å². The number of carbonyl (C=O) groups excluding carboxylic acids is 1. The minimum absolute atomic E-state index is 0.164. The van der Waals surface area contributed by atoms with Gasteiger partial charge in [0.05, 0.1) is 17.4 Å². The van der Waals surface area contributed by atoms with E-state index >= 15 is 0 Å². The van der Waals surface area contributed by atoms with Gasteiger partial charge < -0.3 is 14.5 Å². The molecule has 1 amide bonds. The van der Waals surface area contributed by atoms with Gasteiger partial charge in [0, 0.05) is 31.4 Å². The Hall–Kier alpha value is -2.63. The Bertz CT molecular complexity index is 875. The third-order valence-corrected chi connectivity index (χ3v) is 5.26. The highest BCUT2D eigenvalue weighted by molar-refractivity contribution is 5.80. The van der Waals surface area contributed by atoms with E-state index in [1.54, 1.807) is 12.5 Å². The number of rotatable bonds is 3. The Morgan fingerprint density at radius 1 is 1.32 bits per heavy atom. The molecule has 0 spiro atoms. The number of likely N-dealkylation sites (tertiary alicyclic amines) is 1. The van der Waals surface area contributed by atoms with Gasteiger partial charge in [-0.05, 0) is 38.3 Å². The molecule has 1 aromatic carbocycles. The molecule has 2 aromatic heterocycles. The molecule has 1 aliphatic heterocycles. The van der Waals surface area contributed by atoms with Crippen LogP contribution in [-0.2, 0) is 4.79 Å². The monoisotopic (exact) mass is 337 g/mol. The minimum Gasteiger partial charge on any atom is -0.342 e. The van der Waals surface area contributed by atoms with Gasteiger partial charge in [0.15, 0.2) is 0 Å². The van der Waals surface area contributed by atoms with Crippen LogP contribution in [0.2, 0.25) is 0 Å². The molecule has 0 aliphatic carbocycles. The van der Waals surface area contributed by atoms with Crippen molar-refractivity contribution >= 4 is 16.9 Å². The molecule has 130 valence electrons. The van der Waals surface area contributed by atoms with Gasteiger partial charge in [0.2, 0.25) is 5.91 Å². The second-order valence-corrected chi connectivity index (χ2v) is 6.88. The summed E-state index contributed by atoms with van der Waals surface area (Å²) in [6, 6.07) is 6.02. The van der Waals surface area contributed by atoms with Crippen molar-refractivity contribution in [1.29, 1.82) is 0 Å². The van der Waals surface area contributed by atoms with Crippen LogP contribution < -0.4 is 0 Å². The van der Waals surface area contributed by atoms with E-state index in [4.69, 9.17) is 4.98 Å². The van der Waals surface area contributed by atoms with Crippen molar-refractivity contribution in [3.8, 4) is 0 Å². The molecule has 4 rings (SSSR count). The summed E-state index contributed by atoms with van der Waals surface area (Å²) in [6.45, 7) is 5.57. The smallest absolute Gasteiger partial charge is 0.245 e. The van der Waals surface area contributed by atoms with E-state index < -0.39 is 0 Å². The van der Waals surface area contributed by atoms with Crippen LogP contribution in [0.1, 0.15) is 43.1 Å². The number of amides is 1. The van der Waals surface area contributed by atoms with Crippen molar-refractivity contribution in [2.75, 3.05) is 13.1 Å². The Balaban J connectivity index is 1.44. The van der Waals surface area contributed by atoms with E-state index in [0.29, 0.717) is 5.92 Å². The fourth-order valence-electron chi connectivity index (χ4n) is 3.65. The number of para-hydroxylation sites is 1. The SMILES string of the molecule is Cc1cccc2[nH]c(C3CCN(C(=O)[C@@H](C)n4ccnc4)CC3)nc12. The number of hydrogen-bond donors (Lipinski definition) is 1. The molecule has 0 unspecified atom stereocenters. The zero-order valence-electron chi connectivity index (χ0n) is 14.6. The highest BCUT2D eigenvalue weighted by Crippen LogP contribution is 2.29. The summed E-state index contributed by atoms with van der Waals surface area (Å²) < 4.78 is 1.86. The fraction of sp³-hybridized carbons (Fsp3) is 0.421. The molecule has 1 atom stereocenters. The van der Waals surface area contributed by atoms with Gasteiger partial charge in [-0.25, -0.2) is 9.97 Å². The maximum Gasteiger partial charge on any atom is 0.245 e. The summed E-state index contributed by atoms with van der Waals surface area (Å²) in [5.74, 6) is 1.61. The molecule has 3 aromatic rings. The number of fused-ring (bicyclic) bond motifs is 1. The van der Waals surface area contributed by atoms with Crippen LogP contribution in [0.5, 0.6) is 0 Å². The number of aromatic amines is 1. The van der Waals surface area contributed by atoms with Crippen molar-refractivity contribution in [3.63, 3.8) is 0 Å². The van der Waals surface area contributed by atoms with Crippen molar-refractivity contribution < 1.29 is 4.79 Å². The lowest BCUT2D eigenvalue weighted by atomic mass is 9.95. The number of nitrogens with one attached hydrogen (secondary N) is 1. The predicted octanol–water partition coefficient (Wildman–Crippen LogP) is 3.04. The lowest BCUT2D eigenvalue weighted by Crippen LogP contribution is -2.41. The number of piperidine rings is 1. The second-order valence-electron chi connectivity index (χ2n) is 6.88. The molecule has 25 heavy (non-hydrogen) atoms. The highest BCUT2D eigenvalue weighted by Gasteiger charge is 2.28. The molecule has 0 saturated carbocycles. The van der Waals surface area contributed by atoms with Crippen molar-refractivity contribution in [3.05, 3.63) is 48.3 Å². The van der Waals surface area contributed by atoms with Gasteiger partial charge in [-0.1, -0.05) is 12.1 Å². The Morgan fingerprint density at radius 2 is 2.12 bits per heavy atom. The normalized spacial score (nSPS) is 17.1. The third kappa shape index (κ3) is 2.92. The first-order valence-corrected chi connectivity index (χ1v) is 8.85. The van der Waals surface area contributed by atoms with Gasteiger partial charge >= 0.3 is 0 Å². The van der Waals surface area contributed by atoms with E-state index in [1.807, 2.05) is 22.6 Å². The summed E-state index contributed by atoms with van der Waals surface area (Å²) in [7, 11) is 0. The standard InChI is InChI=1S/C19H23N5O/c1-13-4-3-5-16-17(13)22-18(21-16)15-6-9-23(10-7-15)19(25)14(2)24-11-8-20-12-24/h3-5,8,11-12,14-15H,6-7,9-10H2,1-2H3,(H,21,22)/t14-/m1/s1. The van der Waals surface area contributed by atoms with Crippen molar-refractivity contribution in [2.45, 2.75) is 38.6 Å². The van der Waals surface area contributed by atoms with Gasteiger partial charge in [0.25, 0.3) is 0 Å². The fourth-order valence-corrected chi connectivity index (χ4v) is 3.65. The van der Waals surface area contributed by atoms with Gasteiger partial charge in [-0.3, -0.25) is 4.79 Å².